The first-order valence-electron chi connectivity index (χ1n) is 10.8. The smallest absolute Gasteiger partial charge is 0.00743 e. The quantitative estimate of drug-likeness (QED) is 0.257. The molecule has 0 spiro atoms. The zero-order valence-electron chi connectivity index (χ0n) is 19.2. The fourth-order valence-corrected chi connectivity index (χ4v) is 5.93. The minimum Gasteiger partial charge on any atom is -0.125 e. The van der Waals surface area contributed by atoms with Crippen molar-refractivity contribution in [2.24, 2.45) is 40.9 Å². The highest BCUT2D eigenvalue weighted by Gasteiger charge is 2.61. The largest absolute Gasteiger partial charge is 0.125 e. The van der Waals surface area contributed by atoms with E-state index < -0.39 is 0 Å². The van der Waals surface area contributed by atoms with Crippen LogP contribution in [0.5, 0.6) is 0 Å². The maximum atomic E-state index is 3.69. The lowest BCUT2D eigenvalue weighted by Gasteiger charge is -2.45. The van der Waals surface area contributed by atoms with E-state index in [0.717, 1.165) is 46.7 Å². The summed E-state index contributed by atoms with van der Waals surface area (Å²) in [5.41, 5.74) is 5.49. The van der Waals surface area contributed by atoms with Gasteiger partial charge in [0.2, 0.25) is 0 Å². The van der Waals surface area contributed by atoms with E-state index in [1.54, 1.807) is 25.7 Å². The molecule has 28 heavy (non-hydrogen) atoms. The summed E-state index contributed by atoms with van der Waals surface area (Å²) in [5, 5.41) is 0. The number of hydrogen-bond acceptors (Lipinski definition) is 0. The van der Waals surface area contributed by atoms with E-state index in [2.05, 4.69) is 72.9 Å². The zero-order valence-corrected chi connectivity index (χ0v) is 19.2. The summed E-state index contributed by atoms with van der Waals surface area (Å²) in [6.07, 6.45) is 7.69. The third-order valence-electron chi connectivity index (χ3n) is 7.83. The van der Waals surface area contributed by atoms with E-state index in [0.29, 0.717) is 5.41 Å². The molecule has 0 heteroatoms. The summed E-state index contributed by atoms with van der Waals surface area (Å²) in [5.74, 6) is 6.42. The standard InChI is InChI=1S/C16H28.C7H10.2C2H4.CH4/c1-5-11-6-7-13-12-8-14(15(11)13)16(4,9-12)10(2)3;1-5-7(4)6(2)3;2*1-2;/h10-15H,5-9H2,1-4H3;1-2H2,3-4H3;2*1-2H2;1H4. The highest BCUT2D eigenvalue weighted by atomic mass is 14.7. The molecule has 3 fully saturated rings. The summed E-state index contributed by atoms with van der Waals surface area (Å²) < 4.78 is 0. The van der Waals surface area contributed by atoms with Crippen molar-refractivity contribution in [1.29, 1.82) is 0 Å². The van der Waals surface area contributed by atoms with Gasteiger partial charge in [-0.15, -0.1) is 32.0 Å². The number of fused-ring (bicyclic) bond motifs is 5. The fraction of sp³-hybridized carbons (Fsp3) is 0.679. The average Bonchev–Trinajstić information content (AvgIpc) is 3.35. The minimum absolute atomic E-state index is 0. The van der Waals surface area contributed by atoms with E-state index >= 15 is 0 Å². The first-order valence-corrected chi connectivity index (χ1v) is 10.8. The Morgan fingerprint density at radius 3 is 2.00 bits per heavy atom. The average molecular weight is 387 g/mol. The molecule has 0 aromatic rings. The van der Waals surface area contributed by atoms with Crippen LogP contribution in [0.4, 0.5) is 0 Å². The molecule has 3 rings (SSSR count). The highest BCUT2D eigenvalue weighted by molar-refractivity contribution is 5.21. The second-order valence-corrected chi connectivity index (χ2v) is 9.04. The topological polar surface area (TPSA) is 0 Å². The van der Waals surface area contributed by atoms with Gasteiger partial charge in [-0.25, -0.2) is 0 Å². The molecule has 0 amide bonds. The molecular formula is C28H50. The lowest BCUT2D eigenvalue weighted by Crippen LogP contribution is -2.38. The van der Waals surface area contributed by atoms with E-state index in [-0.39, 0.29) is 7.43 Å². The molecule has 6 atom stereocenters. The molecule has 0 heterocycles. The van der Waals surface area contributed by atoms with Crippen LogP contribution in [0.1, 0.15) is 81.1 Å². The lowest BCUT2D eigenvalue weighted by atomic mass is 9.60. The van der Waals surface area contributed by atoms with E-state index in [9.17, 15) is 0 Å². The third kappa shape index (κ3) is 5.87. The van der Waals surface area contributed by atoms with Crippen molar-refractivity contribution >= 4 is 0 Å². The Bertz CT molecular complexity index is 516. The Kier molecular flexibility index (Phi) is 13.5. The monoisotopic (exact) mass is 386 g/mol. The molecule has 0 aromatic carbocycles. The summed E-state index contributed by atoms with van der Waals surface area (Å²) in [7, 11) is 0. The van der Waals surface area contributed by atoms with Crippen LogP contribution in [-0.4, -0.2) is 0 Å². The van der Waals surface area contributed by atoms with Crippen LogP contribution in [0.2, 0.25) is 0 Å². The van der Waals surface area contributed by atoms with Crippen LogP contribution in [0.15, 0.2) is 56.4 Å². The predicted molar refractivity (Wildman–Crippen MR) is 132 cm³/mol. The van der Waals surface area contributed by atoms with Gasteiger partial charge in [-0.3, -0.25) is 0 Å². The molecule has 2 bridgehead atoms. The van der Waals surface area contributed by atoms with Gasteiger partial charge in [0, 0.05) is 0 Å². The van der Waals surface area contributed by atoms with E-state index in [4.69, 9.17) is 0 Å². The molecular weight excluding hydrogens is 336 g/mol. The summed E-state index contributed by atoms with van der Waals surface area (Å²) in [6, 6.07) is 0. The molecule has 3 saturated carbocycles. The third-order valence-corrected chi connectivity index (χ3v) is 7.83. The highest BCUT2D eigenvalue weighted by Crippen LogP contribution is 2.69. The van der Waals surface area contributed by atoms with Gasteiger partial charge < -0.3 is 0 Å². The van der Waals surface area contributed by atoms with Crippen molar-refractivity contribution in [1.82, 2.24) is 0 Å². The van der Waals surface area contributed by atoms with Crippen LogP contribution in [0, 0.1) is 40.9 Å². The van der Waals surface area contributed by atoms with E-state index in [1.807, 2.05) is 13.8 Å². The van der Waals surface area contributed by atoms with Gasteiger partial charge in [0.05, 0.1) is 0 Å². The van der Waals surface area contributed by atoms with Crippen LogP contribution in [0.3, 0.4) is 0 Å². The molecule has 0 aromatic heterocycles. The van der Waals surface area contributed by atoms with Gasteiger partial charge in [0.1, 0.15) is 0 Å². The molecule has 0 nitrogen and oxygen atoms in total. The van der Waals surface area contributed by atoms with Gasteiger partial charge in [-0.1, -0.05) is 54.7 Å². The van der Waals surface area contributed by atoms with Gasteiger partial charge >= 0.3 is 0 Å². The number of allylic oxidation sites excluding steroid dienone is 2. The first-order chi connectivity index (χ1) is 12.8. The molecule has 0 N–H and O–H groups in total. The van der Waals surface area contributed by atoms with Crippen LogP contribution >= 0.6 is 0 Å². The summed E-state index contributed by atoms with van der Waals surface area (Å²) >= 11 is 0. The molecule has 0 aliphatic heterocycles. The summed E-state index contributed by atoms with van der Waals surface area (Å²) in [6.45, 7) is 33.0. The summed E-state index contributed by atoms with van der Waals surface area (Å²) in [4.78, 5) is 0. The Labute approximate surface area is 178 Å². The second-order valence-electron chi connectivity index (χ2n) is 9.04. The maximum Gasteiger partial charge on any atom is -0.00743 e. The Morgan fingerprint density at radius 1 is 1.11 bits per heavy atom. The molecule has 6 unspecified atom stereocenters. The van der Waals surface area contributed by atoms with Gasteiger partial charge in [0.25, 0.3) is 0 Å². The lowest BCUT2D eigenvalue weighted by molar-refractivity contribution is 0.0355. The van der Waals surface area contributed by atoms with Gasteiger partial charge in [-0.2, -0.15) is 0 Å². The van der Waals surface area contributed by atoms with E-state index in [1.165, 1.54) is 6.42 Å². The number of hydrogen-bond donors (Lipinski definition) is 0. The van der Waals surface area contributed by atoms with Crippen LogP contribution in [-0.2, 0) is 0 Å². The maximum absolute atomic E-state index is 3.69. The van der Waals surface area contributed by atoms with Crippen molar-refractivity contribution in [3.8, 4) is 0 Å². The molecule has 162 valence electrons. The minimum atomic E-state index is 0. The zero-order chi connectivity index (χ0) is 21.4. The second kappa shape index (κ2) is 13.1. The van der Waals surface area contributed by atoms with Crippen molar-refractivity contribution in [3.63, 3.8) is 0 Å². The molecule has 3 aliphatic rings. The van der Waals surface area contributed by atoms with Crippen LogP contribution in [0.25, 0.3) is 0 Å². The van der Waals surface area contributed by atoms with Gasteiger partial charge in [0.15, 0.2) is 0 Å². The van der Waals surface area contributed by atoms with Crippen LogP contribution < -0.4 is 0 Å². The molecule has 3 aliphatic carbocycles. The fourth-order valence-electron chi connectivity index (χ4n) is 5.93. The Balaban J connectivity index is 0. The molecule has 0 radical (unpaired) electrons. The van der Waals surface area contributed by atoms with Gasteiger partial charge in [-0.05, 0) is 91.6 Å². The Morgan fingerprint density at radius 2 is 1.64 bits per heavy atom. The van der Waals surface area contributed by atoms with Crippen molar-refractivity contribution < 1.29 is 0 Å². The number of rotatable bonds is 3. The SMILES string of the molecule is C.C=C.C=C.C=C=C(C)C(=C)C.CCC1CCC2C3CC(C12)C(C)(C(C)C)C3. The first kappa shape index (κ1) is 28.9. The normalized spacial score (nSPS) is 33.5. The van der Waals surface area contributed by atoms with Crippen molar-refractivity contribution in [2.75, 3.05) is 0 Å². The van der Waals surface area contributed by atoms with Crippen molar-refractivity contribution in [3.05, 3.63) is 56.4 Å². The van der Waals surface area contributed by atoms with Crippen molar-refractivity contribution in [2.45, 2.75) is 81.1 Å². The Hall–Kier alpha value is -1.26. The molecule has 0 saturated heterocycles. The predicted octanol–water partition coefficient (Wildman–Crippen LogP) is 9.28.